The molecule has 1 aromatic carbocycles. The fraction of sp³-hybridized carbons (Fsp3) is 0.450. The molecule has 132 valence electrons. The normalized spacial score (nSPS) is 17.3. The van der Waals surface area contributed by atoms with E-state index in [2.05, 4.69) is 46.8 Å². The summed E-state index contributed by atoms with van der Waals surface area (Å²) in [6.45, 7) is 4.17. The first-order valence-corrected chi connectivity index (χ1v) is 9.11. The van der Waals surface area contributed by atoms with Crippen LogP contribution in [0.2, 0.25) is 0 Å². The molecule has 25 heavy (non-hydrogen) atoms. The van der Waals surface area contributed by atoms with E-state index in [1.165, 1.54) is 19.3 Å². The summed E-state index contributed by atoms with van der Waals surface area (Å²) in [6.07, 6.45) is 6.04. The van der Waals surface area contributed by atoms with Gasteiger partial charge in [-0.25, -0.2) is 4.98 Å². The van der Waals surface area contributed by atoms with Crippen molar-refractivity contribution >= 4 is 17.2 Å². The molecule has 0 amide bonds. The molecule has 1 fully saturated rings. The van der Waals surface area contributed by atoms with Crippen LogP contribution in [-0.2, 0) is 16.0 Å². The van der Waals surface area contributed by atoms with Gasteiger partial charge in [-0.2, -0.15) is 0 Å². The second-order valence-corrected chi connectivity index (χ2v) is 6.73. The summed E-state index contributed by atoms with van der Waals surface area (Å²) in [5.41, 5.74) is 4.45. The molecular formula is C20H25N3O2. The zero-order valence-electron chi connectivity index (χ0n) is 14.6. The lowest BCUT2D eigenvalue weighted by Gasteiger charge is -2.25. The summed E-state index contributed by atoms with van der Waals surface area (Å²) in [4.78, 5) is 4.42. The number of fused-ring (bicyclic) bond motifs is 2. The fourth-order valence-corrected chi connectivity index (χ4v) is 3.16. The molecule has 0 bridgehead atoms. The topological polar surface area (TPSA) is 55.4 Å². The average molecular weight is 339 g/mol. The van der Waals surface area contributed by atoms with Crippen molar-refractivity contribution in [1.29, 1.82) is 0 Å². The van der Waals surface area contributed by atoms with Gasteiger partial charge in [0.2, 0.25) is 0 Å². The highest BCUT2D eigenvalue weighted by atomic mass is 16.5. The van der Waals surface area contributed by atoms with Crippen LogP contribution in [0.4, 0.5) is 17.2 Å². The molecule has 1 atom stereocenters. The second-order valence-electron chi connectivity index (χ2n) is 6.73. The van der Waals surface area contributed by atoms with Gasteiger partial charge in [0.1, 0.15) is 5.82 Å². The van der Waals surface area contributed by atoms with Crippen LogP contribution < -0.4 is 10.6 Å². The van der Waals surface area contributed by atoms with Gasteiger partial charge >= 0.3 is 0 Å². The molecule has 0 saturated heterocycles. The van der Waals surface area contributed by atoms with E-state index in [1.807, 2.05) is 12.3 Å². The molecule has 5 nitrogen and oxygen atoms in total. The SMILES string of the molecule is CC(OCCOC1CCC1)c1ccc2c(c1)NCc1cccnc1N2. The third-order valence-electron chi connectivity index (χ3n) is 4.98. The zero-order chi connectivity index (χ0) is 17.1. The lowest BCUT2D eigenvalue weighted by molar-refractivity contribution is -0.0431. The first-order valence-electron chi connectivity index (χ1n) is 9.11. The van der Waals surface area contributed by atoms with Crippen LogP contribution in [0.3, 0.4) is 0 Å². The molecule has 1 unspecified atom stereocenters. The summed E-state index contributed by atoms with van der Waals surface area (Å²) >= 11 is 0. The summed E-state index contributed by atoms with van der Waals surface area (Å²) in [6, 6.07) is 10.4. The summed E-state index contributed by atoms with van der Waals surface area (Å²) in [5.74, 6) is 0.916. The van der Waals surface area contributed by atoms with Crippen molar-refractivity contribution in [2.75, 3.05) is 23.8 Å². The molecule has 2 N–H and O–H groups in total. The molecule has 0 radical (unpaired) electrons. The average Bonchev–Trinajstić information content (AvgIpc) is 2.78. The minimum absolute atomic E-state index is 0.0424. The molecular weight excluding hydrogens is 314 g/mol. The van der Waals surface area contributed by atoms with Crippen LogP contribution in [-0.4, -0.2) is 24.3 Å². The molecule has 1 aliphatic carbocycles. The minimum atomic E-state index is 0.0424. The maximum atomic E-state index is 5.95. The van der Waals surface area contributed by atoms with Crippen molar-refractivity contribution in [3.63, 3.8) is 0 Å². The van der Waals surface area contributed by atoms with Crippen LogP contribution in [0.1, 0.15) is 43.4 Å². The first kappa shape index (κ1) is 16.4. The van der Waals surface area contributed by atoms with E-state index in [-0.39, 0.29) is 6.10 Å². The Morgan fingerprint density at radius 3 is 2.96 bits per heavy atom. The number of benzene rings is 1. The maximum absolute atomic E-state index is 5.95. The Morgan fingerprint density at radius 2 is 2.12 bits per heavy atom. The molecule has 0 spiro atoms. The Hall–Kier alpha value is -2.11. The Balaban J connectivity index is 1.37. The summed E-state index contributed by atoms with van der Waals surface area (Å²) in [5, 5.41) is 6.90. The fourth-order valence-electron chi connectivity index (χ4n) is 3.16. The second kappa shape index (κ2) is 7.42. The van der Waals surface area contributed by atoms with Crippen molar-refractivity contribution in [2.24, 2.45) is 0 Å². The van der Waals surface area contributed by atoms with Gasteiger partial charge in [-0.3, -0.25) is 0 Å². The van der Waals surface area contributed by atoms with Crippen molar-refractivity contribution in [3.05, 3.63) is 47.7 Å². The molecule has 2 aromatic rings. The number of anilines is 3. The number of hydrogen-bond donors (Lipinski definition) is 2. The van der Waals surface area contributed by atoms with Crippen LogP contribution in [0.25, 0.3) is 0 Å². The quantitative estimate of drug-likeness (QED) is 0.764. The number of aromatic nitrogens is 1. The lowest BCUT2D eigenvalue weighted by Crippen LogP contribution is -2.23. The van der Waals surface area contributed by atoms with Crippen LogP contribution in [0, 0.1) is 0 Å². The van der Waals surface area contributed by atoms with E-state index in [0.717, 1.165) is 34.9 Å². The van der Waals surface area contributed by atoms with E-state index < -0.39 is 0 Å². The van der Waals surface area contributed by atoms with Gasteiger partial charge in [-0.05, 0) is 49.9 Å². The Morgan fingerprint density at radius 1 is 1.20 bits per heavy atom. The van der Waals surface area contributed by atoms with E-state index in [9.17, 15) is 0 Å². The number of rotatable bonds is 6. The van der Waals surface area contributed by atoms with Gasteiger partial charge < -0.3 is 20.1 Å². The monoisotopic (exact) mass is 339 g/mol. The van der Waals surface area contributed by atoms with Crippen LogP contribution in [0.15, 0.2) is 36.5 Å². The number of hydrogen-bond acceptors (Lipinski definition) is 5. The molecule has 5 heteroatoms. The van der Waals surface area contributed by atoms with E-state index in [4.69, 9.17) is 9.47 Å². The number of nitrogens with zero attached hydrogens (tertiary/aromatic N) is 1. The van der Waals surface area contributed by atoms with Gasteiger partial charge in [-0.1, -0.05) is 12.1 Å². The zero-order valence-corrected chi connectivity index (χ0v) is 14.6. The lowest BCUT2D eigenvalue weighted by atomic mass is 9.96. The minimum Gasteiger partial charge on any atom is -0.379 e. The Kier molecular flexibility index (Phi) is 4.85. The van der Waals surface area contributed by atoms with Crippen molar-refractivity contribution in [2.45, 2.75) is 44.9 Å². The molecule has 1 aromatic heterocycles. The molecule has 4 rings (SSSR count). The van der Waals surface area contributed by atoms with Gasteiger partial charge in [0, 0.05) is 18.3 Å². The number of nitrogens with one attached hydrogen (secondary N) is 2. The first-order chi connectivity index (χ1) is 12.3. The summed E-state index contributed by atoms with van der Waals surface area (Å²) in [7, 11) is 0. The highest BCUT2D eigenvalue weighted by molar-refractivity contribution is 5.77. The number of pyridine rings is 1. The molecule has 1 saturated carbocycles. The molecule has 2 heterocycles. The van der Waals surface area contributed by atoms with Gasteiger partial charge in [-0.15, -0.1) is 0 Å². The smallest absolute Gasteiger partial charge is 0.135 e. The third-order valence-corrected chi connectivity index (χ3v) is 4.98. The van der Waals surface area contributed by atoms with Crippen LogP contribution >= 0.6 is 0 Å². The van der Waals surface area contributed by atoms with Crippen LogP contribution in [0.5, 0.6) is 0 Å². The maximum Gasteiger partial charge on any atom is 0.135 e. The predicted octanol–water partition coefficient (Wildman–Crippen LogP) is 4.40. The largest absolute Gasteiger partial charge is 0.379 e. The highest BCUT2D eigenvalue weighted by Gasteiger charge is 2.18. The van der Waals surface area contributed by atoms with Gasteiger partial charge in [0.05, 0.1) is 36.8 Å². The molecule has 2 aliphatic rings. The van der Waals surface area contributed by atoms with Crippen molar-refractivity contribution in [3.8, 4) is 0 Å². The predicted molar refractivity (Wildman–Crippen MR) is 99.2 cm³/mol. The molecule has 1 aliphatic heterocycles. The van der Waals surface area contributed by atoms with E-state index in [1.54, 1.807) is 0 Å². The van der Waals surface area contributed by atoms with E-state index in [0.29, 0.717) is 19.3 Å². The van der Waals surface area contributed by atoms with Crippen molar-refractivity contribution in [1.82, 2.24) is 4.98 Å². The summed E-state index contributed by atoms with van der Waals surface area (Å²) < 4.78 is 11.7. The third kappa shape index (κ3) is 3.78. The Labute approximate surface area is 148 Å². The van der Waals surface area contributed by atoms with E-state index >= 15 is 0 Å². The number of ether oxygens (including phenoxy) is 2. The standard InChI is InChI=1S/C20H25N3O2/c1-14(24-10-11-25-17-5-2-6-17)15-7-8-18-19(12-15)22-13-16-4-3-9-21-20(16)23-18/h3-4,7-9,12,14,17,22H,2,5-6,10-11,13H2,1H3,(H,21,23). The van der Waals surface area contributed by atoms with Crippen molar-refractivity contribution < 1.29 is 9.47 Å². The Bertz CT molecular complexity index is 731. The van der Waals surface area contributed by atoms with Gasteiger partial charge in [0.15, 0.2) is 0 Å². The van der Waals surface area contributed by atoms with Gasteiger partial charge in [0.25, 0.3) is 0 Å². The highest BCUT2D eigenvalue weighted by Crippen LogP contribution is 2.33.